The quantitative estimate of drug-likeness (QED) is 0.630. The molecule has 8 nitrogen and oxygen atoms in total. The zero-order valence-corrected chi connectivity index (χ0v) is 22.1. The average Bonchev–Trinajstić information content (AvgIpc) is 3.42. The summed E-state index contributed by atoms with van der Waals surface area (Å²) in [5.74, 6) is -1.56. The molecule has 0 bridgehead atoms. The van der Waals surface area contributed by atoms with Gasteiger partial charge in [0.05, 0.1) is 6.33 Å². The number of hydrogen-bond donors (Lipinski definition) is 1. The second-order valence-corrected chi connectivity index (χ2v) is 11.2. The Hall–Kier alpha value is -3.08. The van der Waals surface area contributed by atoms with Crippen LogP contribution in [0.1, 0.15) is 61.1 Å². The number of fused-ring (bicyclic) bond motifs is 1. The lowest BCUT2D eigenvalue weighted by atomic mass is 9.71. The Kier molecular flexibility index (Phi) is 7.79. The van der Waals surface area contributed by atoms with Crippen LogP contribution in [0, 0.1) is 5.41 Å². The number of likely N-dealkylation sites (tertiary alicyclic amines) is 2. The van der Waals surface area contributed by atoms with Gasteiger partial charge in [-0.1, -0.05) is 18.2 Å². The topological polar surface area (TPSA) is 87.9 Å². The van der Waals surface area contributed by atoms with Crippen LogP contribution < -0.4 is 4.74 Å². The van der Waals surface area contributed by atoms with E-state index in [2.05, 4.69) is 41.9 Å². The smallest absolute Gasteiger partial charge is 0.487 e. The molecular weight excluding hydrogens is 501 g/mol. The molecule has 1 N–H and O–H groups in total. The number of nitrogens with zero attached hydrogens (tertiary/aromatic N) is 4. The molecule has 2 fully saturated rings. The Bertz CT molecular complexity index is 1160. The number of piperidine rings is 2. The molecule has 0 atom stereocenters. The van der Waals surface area contributed by atoms with Crippen LogP contribution in [0.25, 0.3) is 0 Å². The van der Waals surface area contributed by atoms with Gasteiger partial charge in [0.15, 0.2) is 0 Å². The van der Waals surface area contributed by atoms with Crippen LogP contribution >= 0.6 is 0 Å². The maximum atomic E-state index is 12.7. The minimum absolute atomic E-state index is 0.0775. The van der Waals surface area contributed by atoms with E-state index >= 15 is 0 Å². The van der Waals surface area contributed by atoms with E-state index in [1.54, 1.807) is 6.33 Å². The molecule has 0 radical (unpaired) electrons. The number of ether oxygens (including phenoxy) is 1. The number of hydrogen-bond acceptors (Lipinski definition) is 5. The second-order valence-electron chi connectivity index (χ2n) is 11.2. The van der Waals surface area contributed by atoms with Crippen molar-refractivity contribution >= 4 is 11.9 Å². The molecule has 2 saturated heterocycles. The number of halogens is 3. The molecule has 0 saturated carbocycles. The molecule has 1 amide bonds. The van der Waals surface area contributed by atoms with Crippen LogP contribution in [0.4, 0.5) is 13.2 Å². The monoisotopic (exact) mass is 536 g/mol. The highest BCUT2D eigenvalue weighted by Gasteiger charge is 2.40. The summed E-state index contributed by atoms with van der Waals surface area (Å²) in [5.41, 5.74) is 3.55. The van der Waals surface area contributed by atoms with Crippen LogP contribution in [0.3, 0.4) is 0 Å². The number of rotatable bonds is 3. The predicted octanol–water partition coefficient (Wildman–Crippen LogP) is 4.29. The van der Waals surface area contributed by atoms with Gasteiger partial charge in [-0.25, -0.2) is 9.78 Å². The number of alkyl halides is 3. The summed E-state index contributed by atoms with van der Waals surface area (Å²) in [6.45, 7) is 9.27. The summed E-state index contributed by atoms with van der Waals surface area (Å²) in [4.78, 5) is 30.4. The molecule has 3 aliphatic rings. The predicted molar refractivity (Wildman–Crippen MR) is 134 cm³/mol. The van der Waals surface area contributed by atoms with Crippen molar-refractivity contribution in [2.75, 3.05) is 26.2 Å². The largest absolute Gasteiger partial charge is 0.490 e. The second kappa shape index (κ2) is 10.6. The Labute approximate surface area is 220 Å². The van der Waals surface area contributed by atoms with Crippen molar-refractivity contribution in [1.82, 2.24) is 19.4 Å². The van der Waals surface area contributed by atoms with Crippen molar-refractivity contribution in [3.05, 3.63) is 47.5 Å². The zero-order chi connectivity index (χ0) is 27.7. The maximum absolute atomic E-state index is 12.7. The fourth-order valence-corrected chi connectivity index (χ4v) is 5.60. The van der Waals surface area contributed by atoms with E-state index < -0.39 is 12.1 Å². The van der Waals surface area contributed by atoms with Gasteiger partial charge in [-0.05, 0) is 63.6 Å². The molecule has 5 rings (SSSR count). The van der Waals surface area contributed by atoms with Crippen LogP contribution in [-0.4, -0.2) is 74.3 Å². The molecule has 0 unspecified atom stereocenters. The van der Waals surface area contributed by atoms with Crippen molar-refractivity contribution in [2.45, 2.75) is 64.3 Å². The Balaban J connectivity index is 0.000000426. The number of aliphatic carboxylic acids is 1. The van der Waals surface area contributed by atoms with Gasteiger partial charge in [0.25, 0.3) is 5.91 Å². The number of carboxylic acids is 1. The Morgan fingerprint density at radius 2 is 1.68 bits per heavy atom. The summed E-state index contributed by atoms with van der Waals surface area (Å²) in [5, 5.41) is 7.12. The summed E-state index contributed by atoms with van der Waals surface area (Å²) in [6, 6.07) is 6.61. The zero-order valence-electron chi connectivity index (χ0n) is 22.1. The van der Waals surface area contributed by atoms with Gasteiger partial charge in [-0.3, -0.25) is 9.69 Å². The van der Waals surface area contributed by atoms with Gasteiger partial charge in [-0.15, -0.1) is 0 Å². The molecule has 1 spiro atoms. The number of aryl methyl sites for hydroxylation is 1. The minimum atomic E-state index is -5.08. The van der Waals surface area contributed by atoms with Gasteiger partial charge < -0.3 is 19.3 Å². The first-order valence-corrected chi connectivity index (χ1v) is 12.9. The molecule has 3 aliphatic heterocycles. The molecule has 4 heterocycles. The van der Waals surface area contributed by atoms with Crippen LogP contribution in [-0.2, 0) is 24.8 Å². The summed E-state index contributed by atoms with van der Waals surface area (Å²) in [6.07, 6.45) is 4.08. The minimum Gasteiger partial charge on any atom is -0.487 e. The van der Waals surface area contributed by atoms with Crippen molar-refractivity contribution in [2.24, 2.45) is 12.5 Å². The number of para-hydroxylation sites is 1. The fourth-order valence-electron chi connectivity index (χ4n) is 5.60. The number of aromatic nitrogens is 2. The van der Waals surface area contributed by atoms with E-state index in [9.17, 15) is 18.0 Å². The third kappa shape index (κ3) is 6.48. The lowest BCUT2D eigenvalue weighted by molar-refractivity contribution is -0.192. The number of amides is 1. The van der Waals surface area contributed by atoms with Crippen molar-refractivity contribution in [3.8, 4) is 5.75 Å². The normalized spacial score (nSPS) is 20.3. The number of imidazole rings is 1. The highest BCUT2D eigenvalue weighted by molar-refractivity contribution is 5.92. The highest BCUT2D eigenvalue weighted by Crippen LogP contribution is 2.43. The van der Waals surface area contributed by atoms with Crippen LogP contribution in [0.15, 0.2) is 30.7 Å². The number of benzene rings is 1. The van der Waals surface area contributed by atoms with Gasteiger partial charge >= 0.3 is 12.1 Å². The van der Waals surface area contributed by atoms with Crippen molar-refractivity contribution in [3.63, 3.8) is 0 Å². The van der Waals surface area contributed by atoms with Crippen molar-refractivity contribution < 1.29 is 32.6 Å². The van der Waals surface area contributed by atoms with Gasteiger partial charge in [0.1, 0.15) is 17.0 Å². The molecule has 38 heavy (non-hydrogen) atoms. The number of carbonyl (C=O) groups excluding carboxylic acids is 1. The van der Waals surface area contributed by atoms with Crippen LogP contribution in [0.2, 0.25) is 0 Å². The molecule has 2 aromatic rings. The number of carbonyl (C=O) groups is 2. The first kappa shape index (κ1) is 27.9. The first-order valence-electron chi connectivity index (χ1n) is 12.9. The van der Waals surface area contributed by atoms with E-state index in [1.807, 2.05) is 22.7 Å². The molecule has 208 valence electrons. The van der Waals surface area contributed by atoms with E-state index in [1.165, 1.54) is 24.0 Å². The summed E-state index contributed by atoms with van der Waals surface area (Å²) < 4.78 is 39.9. The third-order valence-electron chi connectivity index (χ3n) is 7.76. The SMILES string of the molecule is Cn1cnc(C(=O)N2CCC3(CCN(Cc4cccc5c4OC(C)(C)C5)CC3)CC2)c1.O=C(O)C(F)(F)F. The van der Waals surface area contributed by atoms with E-state index in [4.69, 9.17) is 14.6 Å². The van der Waals surface area contributed by atoms with Crippen LogP contribution in [0.5, 0.6) is 5.75 Å². The lowest BCUT2D eigenvalue weighted by Crippen LogP contribution is -2.48. The molecular formula is C27H35F3N4O4. The van der Waals surface area contributed by atoms with E-state index in [0.29, 0.717) is 11.1 Å². The first-order chi connectivity index (χ1) is 17.8. The third-order valence-corrected chi connectivity index (χ3v) is 7.76. The Morgan fingerprint density at radius 3 is 2.24 bits per heavy atom. The van der Waals surface area contributed by atoms with Crippen molar-refractivity contribution in [1.29, 1.82) is 0 Å². The van der Waals surface area contributed by atoms with Gasteiger partial charge in [0, 0.05) is 44.9 Å². The van der Waals surface area contributed by atoms with Gasteiger partial charge in [-0.2, -0.15) is 13.2 Å². The summed E-state index contributed by atoms with van der Waals surface area (Å²) >= 11 is 0. The molecule has 11 heteroatoms. The Morgan fingerprint density at radius 1 is 1.08 bits per heavy atom. The van der Waals surface area contributed by atoms with Gasteiger partial charge in [0.2, 0.25) is 0 Å². The molecule has 1 aromatic carbocycles. The molecule has 0 aliphatic carbocycles. The van der Waals surface area contributed by atoms with E-state index in [-0.39, 0.29) is 11.5 Å². The highest BCUT2D eigenvalue weighted by atomic mass is 19.4. The average molecular weight is 537 g/mol. The lowest BCUT2D eigenvalue weighted by Gasteiger charge is -2.46. The number of carboxylic acid groups (broad SMARTS) is 1. The standard InChI is InChI=1S/C25H34N4O2.C2HF3O2/c1-24(2)15-19-5-4-6-20(22(19)31-24)16-28-11-7-25(8-12-28)9-13-29(14-10-25)23(30)21-17-27(3)18-26-21;3-2(4,5)1(6)7/h4-6,17-18H,7-16H2,1-3H3;(H,6,7). The fraction of sp³-hybridized carbons (Fsp3) is 0.593. The summed E-state index contributed by atoms with van der Waals surface area (Å²) in [7, 11) is 1.90. The molecule has 1 aromatic heterocycles. The van der Waals surface area contributed by atoms with E-state index in [0.717, 1.165) is 57.7 Å². The maximum Gasteiger partial charge on any atom is 0.490 e.